The molecule has 1 aliphatic rings. The topological polar surface area (TPSA) is 29.1 Å². The fraction of sp³-hybridized carbons (Fsp3) is 0.500. The Bertz CT molecular complexity index is 430. The standard InChI is InChI=1S/C14H17BrClNO/c15-11-6-5-10(14(16)8-11)7-13(18)9-17-12-3-1-2-4-12/h5-6,8,12,17H,1-4,7,9H2. The SMILES string of the molecule is O=C(CNC1CCCC1)Cc1ccc(Br)cc1Cl. The second-order valence-corrected chi connectivity index (χ2v) is 6.14. The molecule has 2 nitrogen and oxygen atoms in total. The van der Waals surface area contributed by atoms with E-state index in [1.54, 1.807) is 0 Å². The van der Waals surface area contributed by atoms with E-state index in [2.05, 4.69) is 21.2 Å². The Kier molecular flexibility index (Phi) is 5.22. The van der Waals surface area contributed by atoms with Gasteiger partial charge in [-0.25, -0.2) is 0 Å². The number of carbonyl (C=O) groups excluding carboxylic acids is 1. The molecule has 0 radical (unpaired) electrons. The van der Waals surface area contributed by atoms with Gasteiger partial charge in [0.1, 0.15) is 0 Å². The molecule has 0 saturated heterocycles. The molecule has 1 fully saturated rings. The van der Waals surface area contributed by atoms with Gasteiger partial charge in [-0.2, -0.15) is 0 Å². The number of benzene rings is 1. The first-order valence-electron chi connectivity index (χ1n) is 6.34. The fourth-order valence-electron chi connectivity index (χ4n) is 2.33. The van der Waals surface area contributed by atoms with Crippen LogP contribution in [0.2, 0.25) is 5.02 Å². The molecule has 1 N–H and O–H groups in total. The summed E-state index contributed by atoms with van der Waals surface area (Å²) >= 11 is 9.45. The minimum absolute atomic E-state index is 0.200. The zero-order chi connectivity index (χ0) is 13.0. The number of nitrogens with one attached hydrogen (secondary N) is 1. The van der Waals surface area contributed by atoms with Gasteiger partial charge in [0.05, 0.1) is 6.54 Å². The molecule has 0 aliphatic heterocycles. The van der Waals surface area contributed by atoms with Crippen LogP contribution in [-0.2, 0) is 11.2 Å². The molecule has 1 aliphatic carbocycles. The molecule has 0 unspecified atom stereocenters. The summed E-state index contributed by atoms with van der Waals surface area (Å²) in [4.78, 5) is 11.9. The number of hydrogen-bond acceptors (Lipinski definition) is 2. The molecule has 18 heavy (non-hydrogen) atoms. The van der Waals surface area contributed by atoms with Crippen LogP contribution in [0.15, 0.2) is 22.7 Å². The van der Waals surface area contributed by atoms with E-state index < -0.39 is 0 Å². The summed E-state index contributed by atoms with van der Waals surface area (Å²) in [5, 5.41) is 3.98. The van der Waals surface area contributed by atoms with E-state index >= 15 is 0 Å². The predicted octanol–water partition coefficient (Wildman–Crippen LogP) is 3.75. The van der Waals surface area contributed by atoms with Crippen LogP contribution in [0.4, 0.5) is 0 Å². The molecule has 0 spiro atoms. The van der Waals surface area contributed by atoms with Crippen molar-refractivity contribution in [3.05, 3.63) is 33.3 Å². The highest BCUT2D eigenvalue weighted by molar-refractivity contribution is 9.10. The highest BCUT2D eigenvalue weighted by Gasteiger charge is 2.15. The summed E-state index contributed by atoms with van der Waals surface area (Å²) in [5.74, 6) is 0.200. The van der Waals surface area contributed by atoms with Crippen LogP contribution >= 0.6 is 27.5 Å². The lowest BCUT2D eigenvalue weighted by atomic mass is 10.1. The third kappa shape index (κ3) is 4.08. The maximum absolute atomic E-state index is 11.9. The van der Waals surface area contributed by atoms with E-state index in [1.807, 2.05) is 18.2 Å². The van der Waals surface area contributed by atoms with E-state index in [1.165, 1.54) is 25.7 Å². The van der Waals surface area contributed by atoms with E-state index in [-0.39, 0.29) is 5.78 Å². The van der Waals surface area contributed by atoms with Crippen LogP contribution in [0.25, 0.3) is 0 Å². The van der Waals surface area contributed by atoms with E-state index in [0.717, 1.165) is 10.0 Å². The minimum atomic E-state index is 0.200. The molecule has 1 aromatic rings. The van der Waals surface area contributed by atoms with Gasteiger partial charge in [0.15, 0.2) is 5.78 Å². The van der Waals surface area contributed by atoms with E-state index in [0.29, 0.717) is 24.0 Å². The number of carbonyl (C=O) groups is 1. The molecule has 0 heterocycles. The summed E-state index contributed by atoms with van der Waals surface area (Å²) in [6.07, 6.45) is 5.37. The molecule has 0 bridgehead atoms. The highest BCUT2D eigenvalue weighted by atomic mass is 79.9. The number of hydrogen-bond donors (Lipinski definition) is 1. The lowest BCUT2D eigenvalue weighted by molar-refractivity contribution is -0.117. The summed E-state index contributed by atoms with van der Waals surface area (Å²) in [5.41, 5.74) is 0.901. The van der Waals surface area contributed by atoms with Crippen LogP contribution in [-0.4, -0.2) is 18.4 Å². The first-order valence-corrected chi connectivity index (χ1v) is 7.51. The molecule has 98 valence electrons. The lowest BCUT2D eigenvalue weighted by Crippen LogP contribution is -2.32. The first-order chi connectivity index (χ1) is 8.65. The molecule has 1 saturated carbocycles. The van der Waals surface area contributed by atoms with Crippen molar-refractivity contribution >= 4 is 33.3 Å². The molecule has 4 heteroatoms. The third-order valence-electron chi connectivity index (χ3n) is 3.35. The smallest absolute Gasteiger partial charge is 0.151 e. The first kappa shape index (κ1) is 14.0. The molecule has 1 aromatic carbocycles. The Morgan fingerprint density at radius 3 is 2.78 bits per heavy atom. The van der Waals surface area contributed by atoms with E-state index in [9.17, 15) is 4.79 Å². The van der Waals surface area contributed by atoms with Gasteiger partial charge in [0.25, 0.3) is 0 Å². The van der Waals surface area contributed by atoms with Gasteiger partial charge in [-0.15, -0.1) is 0 Å². The normalized spacial score (nSPS) is 16.1. The average molecular weight is 331 g/mol. The Morgan fingerprint density at radius 1 is 1.39 bits per heavy atom. The number of rotatable bonds is 5. The van der Waals surface area contributed by atoms with Crippen molar-refractivity contribution in [1.82, 2.24) is 5.32 Å². The maximum atomic E-state index is 11.9. The average Bonchev–Trinajstić information content (AvgIpc) is 2.83. The number of Topliss-reactive ketones (excluding diaryl/α,β-unsaturated/α-hetero) is 1. The van der Waals surface area contributed by atoms with Crippen LogP contribution in [0.1, 0.15) is 31.2 Å². The Hall–Kier alpha value is -0.380. The molecular weight excluding hydrogens is 314 g/mol. The van der Waals surface area contributed by atoms with Gasteiger partial charge in [0.2, 0.25) is 0 Å². The largest absolute Gasteiger partial charge is 0.307 e. The van der Waals surface area contributed by atoms with Gasteiger partial charge in [-0.05, 0) is 30.5 Å². The molecular formula is C14H17BrClNO. The summed E-state index contributed by atoms with van der Waals surface area (Å²) in [7, 11) is 0. The van der Waals surface area contributed by atoms with Crippen molar-refractivity contribution in [3.63, 3.8) is 0 Å². The lowest BCUT2D eigenvalue weighted by Gasteiger charge is -2.11. The van der Waals surface area contributed by atoms with Crippen molar-refractivity contribution in [3.8, 4) is 0 Å². The molecule has 0 amide bonds. The van der Waals surface area contributed by atoms with Crippen molar-refractivity contribution in [2.24, 2.45) is 0 Å². The van der Waals surface area contributed by atoms with Gasteiger partial charge in [-0.1, -0.05) is 46.4 Å². The zero-order valence-corrected chi connectivity index (χ0v) is 12.6. The Morgan fingerprint density at radius 2 is 2.11 bits per heavy atom. The van der Waals surface area contributed by atoms with Crippen LogP contribution < -0.4 is 5.32 Å². The molecule has 2 rings (SSSR count). The molecule has 0 aromatic heterocycles. The van der Waals surface area contributed by atoms with Crippen LogP contribution in [0, 0.1) is 0 Å². The summed E-state index contributed by atoms with van der Waals surface area (Å²) in [6, 6.07) is 6.18. The monoisotopic (exact) mass is 329 g/mol. The fourth-order valence-corrected chi connectivity index (χ4v) is 3.07. The minimum Gasteiger partial charge on any atom is -0.307 e. The predicted molar refractivity (Wildman–Crippen MR) is 78.1 cm³/mol. The Balaban J connectivity index is 1.82. The molecule has 0 atom stereocenters. The maximum Gasteiger partial charge on any atom is 0.151 e. The van der Waals surface area contributed by atoms with Gasteiger partial charge >= 0.3 is 0 Å². The second-order valence-electron chi connectivity index (χ2n) is 4.81. The summed E-state index contributed by atoms with van der Waals surface area (Å²) in [6.45, 7) is 0.455. The van der Waals surface area contributed by atoms with Crippen LogP contribution in [0.5, 0.6) is 0 Å². The zero-order valence-electron chi connectivity index (χ0n) is 10.2. The van der Waals surface area contributed by atoms with Crippen molar-refractivity contribution < 1.29 is 4.79 Å². The van der Waals surface area contributed by atoms with Crippen LogP contribution in [0.3, 0.4) is 0 Å². The van der Waals surface area contributed by atoms with Crippen molar-refractivity contribution in [2.45, 2.75) is 38.1 Å². The highest BCUT2D eigenvalue weighted by Crippen LogP contribution is 2.22. The number of ketones is 1. The van der Waals surface area contributed by atoms with Gasteiger partial charge < -0.3 is 5.32 Å². The summed E-state index contributed by atoms with van der Waals surface area (Å²) < 4.78 is 0.938. The Labute approximate surface area is 121 Å². The third-order valence-corrected chi connectivity index (χ3v) is 4.19. The van der Waals surface area contributed by atoms with Crippen molar-refractivity contribution in [1.29, 1.82) is 0 Å². The number of halogens is 2. The second kappa shape index (κ2) is 6.69. The quantitative estimate of drug-likeness (QED) is 0.891. The van der Waals surface area contributed by atoms with Gasteiger partial charge in [0, 0.05) is 22.0 Å². The van der Waals surface area contributed by atoms with Crippen molar-refractivity contribution in [2.75, 3.05) is 6.54 Å². The van der Waals surface area contributed by atoms with E-state index in [4.69, 9.17) is 11.6 Å². The van der Waals surface area contributed by atoms with Gasteiger partial charge in [-0.3, -0.25) is 4.79 Å².